The van der Waals surface area contributed by atoms with E-state index in [4.69, 9.17) is 15.4 Å². The van der Waals surface area contributed by atoms with Gasteiger partial charge in [0.2, 0.25) is 0 Å². The highest BCUT2D eigenvalue weighted by atomic mass is 16.3. The Hall–Kier alpha value is -2.68. The molecule has 3 N–H and O–H groups in total. The van der Waals surface area contributed by atoms with E-state index in [-0.39, 0.29) is 11.6 Å². The lowest BCUT2D eigenvalue weighted by Crippen LogP contribution is -2.23. The molecule has 86 valence electrons. The van der Waals surface area contributed by atoms with Gasteiger partial charge in [-0.3, -0.25) is 10.2 Å². The number of furan rings is 1. The number of nitrogens with two attached hydrogens (primary N) is 1. The molecule has 0 radical (unpaired) electrons. The Morgan fingerprint density at radius 2 is 2.41 bits per heavy atom. The van der Waals surface area contributed by atoms with Crippen LogP contribution in [0.2, 0.25) is 0 Å². The number of hydrogen-bond donors (Lipinski definition) is 2. The minimum absolute atomic E-state index is 0.175. The molecule has 0 aliphatic carbocycles. The van der Waals surface area contributed by atoms with E-state index < -0.39 is 5.91 Å². The zero-order chi connectivity index (χ0) is 12.4. The number of nitrogen functional groups attached to an aromatic ring is 1. The fourth-order valence-electron chi connectivity index (χ4n) is 1.46. The summed E-state index contributed by atoms with van der Waals surface area (Å²) >= 11 is 0. The molecule has 0 bridgehead atoms. The summed E-state index contributed by atoms with van der Waals surface area (Å²) in [6.45, 7) is 1.74. The van der Waals surface area contributed by atoms with Gasteiger partial charge >= 0.3 is 5.91 Å². The lowest BCUT2D eigenvalue weighted by Gasteiger charge is -2.06. The van der Waals surface area contributed by atoms with Crippen molar-refractivity contribution in [2.75, 3.05) is 11.2 Å². The first-order valence-corrected chi connectivity index (χ1v) is 4.86. The molecule has 0 aromatic carbocycles. The number of rotatable bonds is 2. The van der Waals surface area contributed by atoms with E-state index >= 15 is 0 Å². The van der Waals surface area contributed by atoms with Crippen LogP contribution < -0.4 is 11.2 Å². The highest BCUT2D eigenvalue weighted by Gasteiger charge is 2.14. The molecule has 0 aliphatic rings. The molecule has 6 nitrogen and oxygen atoms in total. The van der Waals surface area contributed by atoms with Gasteiger partial charge in [-0.25, -0.2) is 4.68 Å². The number of carbonyl (C=O) groups is 1. The van der Waals surface area contributed by atoms with Crippen molar-refractivity contribution >= 4 is 11.7 Å². The Morgan fingerprint density at radius 1 is 1.65 bits per heavy atom. The summed E-state index contributed by atoms with van der Waals surface area (Å²) in [5.74, 6) is -0.0552. The van der Waals surface area contributed by atoms with Crippen LogP contribution in [0.3, 0.4) is 0 Å². The fourth-order valence-corrected chi connectivity index (χ4v) is 1.46. The van der Waals surface area contributed by atoms with E-state index in [2.05, 4.69) is 5.43 Å². The number of amides is 1. The summed E-state index contributed by atoms with van der Waals surface area (Å²) in [6, 6.07) is 5.12. The Balaban J connectivity index is 2.26. The van der Waals surface area contributed by atoms with E-state index in [0.29, 0.717) is 11.1 Å². The van der Waals surface area contributed by atoms with E-state index in [1.54, 1.807) is 19.2 Å². The van der Waals surface area contributed by atoms with Gasteiger partial charge in [-0.2, -0.15) is 5.26 Å². The minimum Gasteiger partial charge on any atom is -0.459 e. The SMILES string of the molecule is Cc1cn(NC(=O)c2ccco2)c(N)c1C#N. The maximum Gasteiger partial charge on any atom is 0.305 e. The van der Waals surface area contributed by atoms with Gasteiger partial charge in [0.1, 0.15) is 11.9 Å². The normalized spacial score (nSPS) is 9.88. The summed E-state index contributed by atoms with van der Waals surface area (Å²) in [4.78, 5) is 11.7. The number of aromatic nitrogens is 1. The quantitative estimate of drug-likeness (QED) is 0.810. The lowest BCUT2D eigenvalue weighted by molar-refractivity contribution is 0.0982. The molecule has 0 unspecified atom stereocenters. The molecule has 0 aliphatic heterocycles. The van der Waals surface area contributed by atoms with Crippen molar-refractivity contribution in [2.45, 2.75) is 6.92 Å². The Morgan fingerprint density at radius 3 is 2.94 bits per heavy atom. The molecule has 17 heavy (non-hydrogen) atoms. The van der Waals surface area contributed by atoms with Crippen molar-refractivity contribution in [3.63, 3.8) is 0 Å². The number of nitrogens with zero attached hydrogens (tertiary/aromatic N) is 2. The number of nitriles is 1. The third kappa shape index (κ3) is 1.86. The van der Waals surface area contributed by atoms with Gasteiger partial charge in [0.05, 0.1) is 11.8 Å². The largest absolute Gasteiger partial charge is 0.459 e. The molecule has 2 aromatic rings. The summed E-state index contributed by atoms with van der Waals surface area (Å²) in [6.07, 6.45) is 2.98. The summed E-state index contributed by atoms with van der Waals surface area (Å²) in [5, 5.41) is 8.86. The summed E-state index contributed by atoms with van der Waals surface area (Å²) < 4.78 is 6.24. The molecule has 6 heteroatoms. The van der Waals surface area contributed by atoms with Crippen LogP contribution in [0, 0.1) is 18.3 Å². The molecular formula is C11H10N4O2. The van der Waals surface area contributed by atoms with Gasteiger partial charge in [-0.15, -0.1) is 0 Å². The monoisotopic (exact) mass is 230 g/mol. The second-order valence-electron chi connectivity index (χ2n) is 3.47. The van der Waals surface area contributed by atoms with Gasteiger partial charge in [0.15, 0.2) is 5.76 Å². The highest BCUT2D eigenvalue weighted by molar-refractivity contribution is 5.97. The number of anilines is 1. The third-order valence-electron chi connectivity index (χ3n) is 2.31. The smallest absolute Gasteiger partial charge is 0.305 e. The van der Waals surface area contributed by atoms with Crippen LogP contribution in [-0.4, -0.2) is 10.6 Å². The molecule has 1 amide bonds. The van der Waals surface area contributed by atoms with Crippen molar-refractivity contribution in [3.8, 4) is 6.07 Å². The molecule has 2 rings (SSSR count). The van der Waals surface area contributed by atoms with Crippen LogP contribution in [-0.2, 0) is 0 Å². The maximum atomic E-state index is 11.7. The number of nitrogens with one attached hydrogen (secondary N) is 1. The second-order valence-corrected chi connectivity index (χ2v) is 3.47. The van der Waals surface area contributed by atoms with Crippen molar-refractivity contribution < 1.29 is 9.21 Å². The van der Waals surface area contributed by atoms with Crippen LogP contribution in [0.1, 0.15) is 21.7 Å². The Kier molecular flexibility index (Phi) is 2.58. The molecule has 0 fully saturated rings. The van der Waals surface area contributed by atoms with E-state index in [0.717, 1.165) is 0 Å². The predicted octanol–water partition coefficient (Wildman–Crippen LogP) is 1.23. The zero-order valence-corrected chi connectivity index (χ0v) is 9.10. The van der Waals surface area contributed by atoms with Crippen molar-refractivity contribution in [3.05, 3.63) is 41.5 Å². The molecule has 2 aromatic heterocycles. The summed E-state index contributed by atoms with van der Waals surface area (Å²) in [5.41, 5.74) is 9.28. The van der Waals surface area contributed by atoms with Crippen LogP contribution in [0.5, 0.6) is 0 Å². The molecule has 0 spiro atoms. The van der Waals surface area contributed by atoms with Crippen molar-refractivity contribution in [1.29, 1.82) is 5.26 Å². The van der Waals surface area contributed by atoms with E-state index in [1.165, 1.54) is 17.0 Å². The Bertz CT molecular complexity index is 590. The highest BCUT2D eigenvalue weighted by Crippen LogP contribution is 2.16. The molecule has 0 saturated heterocycles. The van der Waals surface area contributed by atoms with Gasteiger partial charge in [0.25, 0.3) is 0 Å². The van der Waals surface area contributed by atoms with E-state index in [1.807, 2.05) is 6.07 Å². The van der Waals surface area contributed by atoms with E-state index in [9.17, 15) is 4.79 Å². The molecule has 0 saturated carbocycles. The minimum atomic E-state index is -0.429. The van der Waals surface area contributed by atoms with Gasteiger partial charge in [-0.1, -0.05) is 0 Å². The average Bonchev–Trinajstić information content (AvgIpc) is 2.89. The van der Waals surface area contributed by atoms with Gasteiger partial charge in [-0.05, 0) is 24.6 Å². The Labute approximate surface area is 97.2 Å². The topological polar surface area (TPSA) is 97.0 Å². The number of aryl methyl sites for hydroxylation is 1. The van der Waals surface area contributed by atoms with Crippen LogP contribution in [0.25, 0.3) is 0 Å². The standard InChI is InChI=1S/C11H10N4O2/c1-7-6-15(10(13)8(7)5-12)14-11(16)9-3-2-4-17-9/h2-4,6H,13H2,1H3,(H,14,16). The third-order valence-corrected chi connectivity index (χ3v) is 2.31. The fraction of sp³-hybridized carbons (Fsp3) is 0.0909. The number of carbonyl (C=O) groups excluding carboxylic acids is 1. The summed E-state index contributed by atoms with van der Waals surface area (Å²) in [7, 11) is 0. The molecular weight excluding hydrogens is 220 g/mol. The number of hydrogen-bond acceptors (Lipinski definition) is 4. The molecule has 0 atom stereocenters. The first-order valence-electron chi connectivity index (χ1n) is 4.86. The van der Waals surface area contributed by atoms with Crippen molar-refractivity contribution in [2.24, 2.45) is 0 Å². The first-order chi connectivity index (χ1) is 8.13. The second kappa shape index (κ2) is 4.06. The van der Waals surface area contributed by atoms with Crippen molar-refractivity contribution in [1.82, 2.24) is 4.68 Å². The molecule has 2 heterocycles. The predicted molar refractivity (Wildman–Crippen MR) is 60.7 cm³/mol. The first kappa shape index (κ1) is 10.8. The maximum absolute atomic E-state index is 11.7. The van der Waals surface area contributed by atoms with Crippen LogP contribution in [0.4, 0.5) is 5.82 Å². The van der Waals surface area contributed by atoms with Gasteiger partial charge < -0.3 is 10.2 Å². The van der Waals surface area contributed by atoms with Gasteiger partial charge in [0, 0.05) is 6.20 Å². The van der Waals surface area contributed by atoms with Crippen LogP contribution >= 0.6 is 0 Å². The zero-order valence-electron chi connectivity index (χ0n) is 9.10. The van der Waals surface area contributed by atoms with Crippen LogP contribution in [0.15, 0.2) is 29.0 Å². The average molecular weight is 230 g/mol. The lowest BCUT2D eigenvalue weighted by atomic mass is 10.2.